The maximum Gasteiger partial charge on any atom is 0.259 e. The molecule has 0 fully saturated rings. The van der Waals surface area contributed by atoms with E-state index >= 15 is 0 Å². The molecule has 110 valence electrons. The summed E-state index contributed by atoms with van der Waals surface area (Å²) in [4.78, 5) is 12.1. The first-order chi connectivity index (χ1) is 9.92. The highest BCUT2D eigenvalue weighted by Crippen LogP contribution is 2.35. The lowest BCUT2D eigenvalue weighted by molar-refractivity contribution is 0.102. The number of aromatic hydroxyl groups is 2. The van der Waals surface area contributed by atoms with Gasteiger partial charge in [0.2, 0.25) is 0 Å². The smallest absolute Gasteiger partial charge is 0.259 e. The Kier molecular flexibility index (Phi) is 4.45. The average Bonchev–Trinajstić information content (AvgIpc) is 2.45. The number of carbonyl (C=O) groups is 1. The first kappa shape index (κ1) is 15.3. The lowest BCUT2D eigenvalue weighted by atomic mass is 10.1. The molecule has 0 bridgehead atoms. The Morgan fingerprint density at radius 2 is 1.76 bits per heavy atom. The van der Waals surface area contributed by atoms with Crippen LogP contribution < -0.4 is 10.1 Å². The number of nitrogens with one attached hydrogen (secondary N) is 1. The van der Waals surface area contributed by atoms with Gasteiger partial charge in [0.25, 0.3) is 5.91 Å². The van der Waals surface area contributed by atoms with E-state index in [1.54, 1.807) is 0 Å². The molecule has 2 rings (SSSR count). The summed E-state index contributed by atoms with van der Waals surface area (Å²) >= 11 is 11.5. The Labute approximate surface area is 130 Å². The van der Waals surface area contributed by atoms with Crippen molar-refractivity contribution in [1.29, 1.82) is 0 Å². The van der Waals surface area contributed by atoms with E-state index in [1.807, 2.05) is 0 Å². The van der Waals surface area contributed by atoms with Crippen LogP contribution in [0.5, 0.6) is 17.2 Å². The van der Waals surface area contributed by atoms with E-state index in [0.717, 1.165) is 0 Å². The van der Waals surface area contributed by atoms with Crippen molar-refractivity contribution in [3.8, 4) is 17.2 Å². The molecule has 3 N–H and O–H groups in total. The third-order valence-electron chi connectivity index (χ3n) is 2.72. The van der Waals surface area contributed by atoms with Crippen molar-refractivity contribution in [2.75, 3.05) is 12.4 Å². The fourth-order valence-electron chi connectivity index (χ4n) is 1.66. The van der Waals surface area contributed by atoms with Gasteiger partial charge < -0.3 is 20.3 Å². The van der Waals surface area contributed by atoms with Crippen LogP contribution in [-0.2, 0) is 0 Å². The van der Waals surface area contributed by atoms with Crippen LogP contribution in [0, 0.1) is 0 Å². The molecule has 0 saturated heterocycles. The highest BCUT2D eigenvalue weighted by atomic mass is 35.5. The van der Waals surface area contributed by atoms with Gasteiger partial charge >= 0.3 is 0 Å². The molecule has 0 saturated carbocycles. The zero-order valence-electron chi connectivity index (χ0n) is 10.9. The number of hydrogen-bond acceptors (Lipinski definition) is 4. The van der Waals surface area contributed by atoms with Crippen molar-refractivity contribution in [2.45, 2.75) is 0 Å². The van der Waals surface area contributed by atoms with Gasteiger partial charge in [-0.3, -0.25) is 4.79 Å². The molecule has 2 aromatic rings. The van der Waals surface area contributed by atoms with Crippen molar-refractivity contribution in [1.82, 2.24) is 0 Å². The summed E-state index contributed by atoms with van der Waals surface area (Å²) in [6.45, 7) is 0. The van der Waals surface area contributed by atoms with Crippen LogP contribution in [0.4, 0.5) is 5.69 Å². The predicted molar refractivity (Wildman–Crippen MR) is 80.7 cm³/mol. The Morgan fingerprint density at radius 3 is 2.33 bits per heavy atom. The molecule has 0 aromatic heterocycles. The maximum absolute atomic E-state index is 12.1. The molecule has 21 heavy (non-hydrogen) atoms. The fraction of sp³-hybridized carbons (Fsp3) is 0.0714. The third-order valence-corrected chi connectivity index (χ3v) is 3.30. The van der Waals surface area contributed by atoms with E-state index in [9.17, 15) is 15.0 Å². The minimum atomic E-state index is -0.566. The van der Waals surface area contributed by atoms with Crippen LogP contribution in [0.3, 0.4) is 0 Å². The van der Waals surface area contributed by atoms with Crippen molar-refractivity contribution >= 4 is 34.8 Å². The van der Waals surface area contributed by atoms with Gasteiger partial charge in [-0.05, 0) is 30.3 Å². The van der Waals surface area contributed by atoms with Crippen LogP contribution in [0.15, 0.2) is 30.3 Å². The zero-order chi connectivity index (χ0) is 15.6. The first-order valence-corrected chi connectivity index (χ1v) is 6.54. The molecule has 1 amide bonds. The predicted octanol–water partition coefficient (Wildman–Crippen LogP) is 3.67. The molecule has 0 atom stereocenters. The molecule has 0 aliphatic heterocycles. The number of rotatable bonds is 3. The van der Waals surface area contributed by atoms with E-state index in [2.05, 4.69) is 5.32 Å². The van der Waals surface area contributed by atoms with E-state index in [4.69, 9.17) is 27.9 Å². The minimum absolute atomic E-state index is 0.00710. The monoisotopic (exact) mass is 327 g/mol. The number of anilines is 1. The second-order valence-corrected chi connectivity index (χ2v) is 4.94. The largest absolute Gasteiger partial charge is 0.507 e. The highest BCUT2D eigenvalue weighted by molar-refractivity contribution is 6.37. The Bertz CT molecular complexity index is 680. The van der Waals surface area contributed by atoms with Crippen molar-refractivity contribution < 1.29 is 19.7 Å². The average molecular weight is 328 g/mol. The Hall–Kier alpha value is -2.11. The van der Waals surface area contributed by atoms with Gasteiger partial charge in [0.1, 0.15) is 11.5 Å². The number of phenols is 2. The summed E-state index contributed by atoms with van der Waals surface area (Å²) in [5, 5.41) is 21.7. The number of ether oxygens (including phenoxy) is 1. The van der Waals surface area contributed by atoms with Crippen molar-refractivity contribution in [2.24, 2.45) is 0 Å². The quantitative estimate of drug-likeness (QED) is 0.751. The Balaban J connectivity index is 2.30. The standard InChI is InChI=1S/C14H11Cl2NO4/c1-21-8-2-3-12(18)9(6-8)14(20)17-7-4-10(15)13(19)11(16)5-7/h2-6,18-19H,1H3,(H,17,20). The van der Waals surface area contributed by atoms with Crippen LogP contribution in [0.1, 0.15) is 10.4 Å². The summed E-state index contributed by atoms with van der Waals surface area (Å²) in [5.74, 6) is -0.589. The van der Waals surface area contributed by atoms with Crippen LogP contribution in [0.2, 0.25) is 10.0 Å². The molecule has 2 aromatic carbocycles. The van der Waals surface area contributed by atoms with Gasteiger partial charge in [-0.15, -0.1) is 0 Å². The third kappa shape index (κ3) is 3.32. The molecule has 0 unspecified atom stereocenters. The van der Waals surface area contributed by atoms with E-state index in [-0.39, 0.29) is 32.8 Å². The highest BCUT2D eigenvalue weighted by Gasteiger charge is 2.14. The van der Waals surface area contributed by atoms with E-state index in [1.165, 1.54) is 37.4 Å². The van der Waals surface area contributed by atoms with Crippen molar-refractivity contribution in [3.63, 3.8) is 0 Å². The molecule has 5 nitrogen and oxygen atoms in total. The fourth-order valence-corrected chi connectivity index (χ4v) is 2.15. The number of amides is 1. The lowest BCUT2D eigenvalue weighted by Crippen LogP contribution is -2.12. The maximum atomic E-state index is 12.1. The summed E-state index contributed by atoms with van der Waals surface area (Å²) < 4.78 is 5.00. The topological polar surface area (TPSA) is 78.8 Å². The molecule has 0 radical (unpaired) electrons. The summed E-state index contributed by atoms with van der Waals surface area (Å²) in [6.07, 6.45) is 0. The summed E-state index contributed by atoms with van der Waals surface area (Å²) in [6, 6.07) is 6.97. The second kappa shape index (κ2) is 6.11. The summed E-state index contributed by atoms with van der Waals surface area (Å²) in [7, 11) is 1.45. The van der Waals surface area contributed by atoms with E-state index in [0.29, 0.717) is 5.75 Å². The van der Waals surface area contributed by atoms with E-state index < -0.39 is 5.91 Å². The zero-order valence-corrected chi connectivity index (χ0v) is 12.4. The van der Waals surface area contributed by atoms with Gasteiger partial charge in [-0.25, -0.2) is 0 Å². The number of hydrogen-bond donors (Lipinski definition) is 3. The number of phenolic OH excluding ortho intramolecular Hbond substituents is 2. The van der Waals surface area contributed by atoms with Crippen molar-refractivity contribution in [3.05, 3.63) is 45.9 Å². The molecule has 0 spiro atoms. The van der Waals surface area contributed by atoms with Crippen LogP contribution in [0.25, 0.3) is 0 Å². The van der Waals surface area contributed by atoms with Gasteiger partial charge in [-0.1, -0.05) is 23.2 Å². The second-order valence-electron chi connectivity index (χ2n) is 4.13. The molecule has 7 heteroatoms. The van der Waals surface area contributed by atoms with Gasteiger partial charge in [0, 0.05) is 5.69 Å². The number of carbonyl (C=O) groups excluding carboxylic acids is 1. The molecule has 0 aliphatic carbocycles. The Morgan fingerprint density at radius 1 is 1.14 bits per heavy atom. The van der Waals surface area contributed by atoms with Crippen LogP contribution in [-0.4, -0.2) is 23.2 Å². The SMILES string of the molecule is COc1ccc(O)c(C(=O)Nc2cc(Cl)c(O)c(Cl)c2)c1. The molecule has 0 heterocycles. The normalized spacial score (nSPS) is 10.2. The van der Waals surface area contributed by atoms with Crippen LogP contribution >= 0.6 is 23.2 Å². The van der Waals surface area contributed by atoms with Gasteiger partial charge in [0.05, 0.1) is 22.7 Å². The minimum Gasteiger partial charge on any atom is -0.507 e. The lowest BCUT2D eigenvalue weighted by Gasteiger charge is -2.10. The van der Waals surface area contributed by atoms with Gasteiger partial charge in [0.15, 0.2) is 5.75 Å². The van der Waals surface area contributed by atoms with Gasteiger partial charge in [-0.2, -0.15) is 0 Å². The molecule has 0 aliphatic rings. The number of halogens is 2. The number of methoxy groups -OCH3 is 1. The molecular weight excluding hydrogens is 317 g/mol. The molecular formula is C14H11Cl2NO4. The number of benzene rings is 2. The summed E-state index contributed by atoms with van der Waals surface area (Å²) in [5.41, 5.74) is 0.324. The first-order valence-electron chi connectivity index (χ1n) is 5.78.